The third-order valence-corrected chi connectivity index (χ3v) is 4.53. The van der Waals surface area contributed by atoms with Gasteiger partial charge in [0, 0.05) is 19.1 Å². The molecular weight excluding hydrogens is 301 g/mol. The Morgan fingerprint density at radius 2 is 1.64 bits per heavy atom. The van der Waals surface area contributed by atoms with Gasteiger partial charge in [-0.1, -0.05) is 25.7 Å². The lowest BCUT2D eigenvalue weighted by Crippen LogP contribution is -2.44. The Morgan fingerprint density at radius 3 is 2.09 bits per heavy atom. The molecule has 2 aliphatic rings. The second-order valence-corrected chi connectivity index (χ2v) is 6.14. The Bertz CT molecular complexity index is 420. The second kappa shape index (κ2) is 6.75. The van der Waals surface area contributed by atoms with E-state index >= 15 is 0 Å². The molecule has 0 bridgehead atoms. The number of urea groups is 1. The summed E-state index contributed by atoms with van der Waals surface area (Å²) in [6.45, 7) is -0.975. The van der Waals surface area contributed by atoms with E-state index in [-0.39, 0.29) is 6.04 Å². The Balaban J connectivity index is 1.97. The van der Waals surface area contributed by atoms with Gasteiger partial charge in [0.15, 0.2) is 0 Å². The zero-order valence-electron chi connectivity index (χ0n) is 12.2. The summed E-state index contributed by atoms with van der Waals surface area (Å²) in [6.07, 6.45) is 1.23. The van der Waals surface area contributed by atoms with E-state index in [0.29, 0.717) is 0 Å². The monoisotopic (exact) mass is 322 g/mol. The van der Waals surface area contributed by atoms with Crippen molar-refractivity contribution < 1.29 is 27.9 Å². The molecule has 1 heterocycles. The fourth-order valence-corrected chi connectivity index (χ4v) is 3.24. The minimum atomic E-state index is -4.61. The van der Waals surface area contributed by atoms with E-state index in [4.69, 9.17) is 5.11 Å². The highest BCUT2D eigenvalue weighted by atomic mass is 19.4. The van der Waals surface area contributed by atoms with Crippen molar-refractivity contribution in [3.8, 4) is 0 Å². The molecule has 0 radical (unpaired) electrons. The lowest BCUT2D eigenvalue weighted by Gasteiger charge is -2.22. The lowest BCUT2D eigenvalue weighted by molar-refractivity contribution is -0.187. The number of rotatable bonds is 2. The first-order valence-electron chi connectivity index (χ1n) is 7.64. The zero-order valence-corrected chi connectivity index (χ0v) is 12.2. The van der Waals surface area contributed by atoms with Crippen LogP contribution in [0.5, 0.6) is 0 Å². The third-order valence-electron chi connectivity index (χ3n) is 4.53. The number of likely N-dealkylation sites (tertiary alicyclic amines) is 1. The molecule has 22 heavy (non-hydrogen) atoms. The fraction of sp³-hybridized carbons (Fsp3) is 0.857. The number of nitrogens with one attached hydrogen (secondary N) is 1. The average molecular weight is 322 g/mol. The van der Waals surface area contributed by atoms with E-state index in [2.05, 4.69) is 5.32 Å². The van der Waals surface area contributed by atoms with Crippen LogP contribution in [0.15, 0.2) is 0 Å². The molecule has 5 nitrogen and oxygen atoms in total. The van der Waals surface area contributed by atoms with Crippen LogP contribution in [-0.4, -0.2) is 47.3 Å². The number of hydrogen-bond acceptors (Lipinski definition) is 2. The summed E-state index contributed by atoms with van der Waals surface area (Å²) >= 11 is 0. The van der Waals surface area contributed by atoms with Gasteiger partial charge in [-0.2, -0.15) is 13.2 Å². The molecule has 126 valence electrons. The first-order valence-corrected chi connectivity index (χ1v) is 7.64. The topological polar surface area (TPSA) is 69.6 Å². The van der Waals surface area contributed by atoms with Crippen molar-refractivity contribution in [2.45, 2.75) is 50.7 Å². The van der Waals surface area contributed by atoms with E-state index in [0.717, 1.165) is 43.4 Å². The van der Waals surface area contributed by atoms with Gasteiger partial charge in [0.25, 0.3) is 0 Å². The molecule has 0 spiro atoms. The van der Waals surface area contributed by atoms with Crippen molar-refractivity contribution in [1.29, 1.82) is 0 Å². The van der Waals surface area contributed by atoms with E-state index in [1.807, 2.05) is 0 Å². The summed E-state index contributed by atoms with van der Waals surface area (Å²) < 4.78 is 38.7. The van der Waals surface area contributed by atoms with Crippen molar-refractivity contribution in [2.75, 3.05) is 13.1 Å². The second-order valence-electron chi connectivity index (χ2n) is 6.14. The van der Waals surface area contributed by atoms with Crippen LogP contribution in [0.2, 0.25) is 0 Å². The van der Waals surface area contributed by atoms with Crippen molar-refractivity contribution in [3.05, 3.63) is 0 Å². The maximum absolute atomic E-state index is 12.9. The Morgan fingerprint density at radius 1 is 1.05 bits per heavy atom. The van der Waals surface area contributed by atoms with E-state index < -0.39 is 43.1 Å². The van der Waals surface area contributed by atoms with Gasteiger partial charge < -0.3 is 15.3 Å². The molecule has 0 unspecified atom stereocenters. The Hall–Kier alpha value is -1.47. The van der Waals surface area contributed by atoms with Gasteiger partial charge in [-0.3, -0.25) is 4.79 Å². The van der Waals surface area contributed by atoms with Gasteiger partial charge >= 0.3 is 18.2 Å². The minimum absolute atomic E-state index is 0.0248. The quantitative estimate of drug-likeness (QED) is 0.768. The maximum atomic E-state index is 12.9. The number of alkyl halides is 3. The number of carbonyl (C=O) groups excluding carboxylic acids is 1. The summed E-state index contributed by atoms with van der Waals surface area (Å²) in [6, 6.07) is -0.604. The molecule has 1 saturated carbocycles. The molecule has 2 rings (SSSR count). The molecule has 1 saturated heterocycles. The number of amides is 2. The van der Waals surface area contributed by atoms with Crippen molar-refractivity contribution in [1.82, 2.24) is 10.2 Å². The van der Waals surface area contributed by atoms with Crippen LogP contribution >= 0.6 is 0 Å². The Kier molecular flexibility index (Phi) is 5.18. The molecule has 1 aliphatic heterocycles. The van der Waals surface area contributed by atoms with E-state index in [1.165, 1.54) is 0 Å². The number of carbonyl (C=O) groups is 2. The SMILES string of the molecule is O=C(O)[C@@H]1CN(C(=O)NC2CCCCCC2)C[C@H]1C(F)(F)F. The predicted molar refractivity (Wildman–Crippen MR) is 72.3 cm³/mol. The number of carboxylic acids is 1. The molecule has 0 aromatic heterocycles. The molecule has 2 fully saturated rings. The van der Waals surface area contributed by atoms with Crippen LogP contribution in [0.25, 0.3) is 0 Å². The number of carboxylic acid groups (broad SMARTS) is 1. The molecule has 1 aliphatic carbocycles. The van der Waals surface area contributed by atoms with Crippen LogP contribution in [-0.2, 0) is 4.79 Å². The molecule has 8 heteroatoms. The van der Waals surface area contributed by atoms with Gasteiger partial charge in [-0.05, 0) is 12.8 Å². The number of nitrogens with zero attached hydrogens (tertiary/aromatic N) is 1. The van der Waals surface area contributed by atoms with Gasteiger partial charge in [-0.25, -0.2) is 4.79 Å². The summed E-state index contributed by atoms with van der Waals surface area (Å²) in [4.78, 5) is 24.1. The molecular formula is C14H21F3N2O3. The standard InChI is InChI=1S/C14H21F3N2O3/c15-14(16,17)11-8-19(7-10(11)12(20)21)13(22)18-9-5-3-1-2-4-6-9/h9-11H,1-8H2,(H,18,22)(H,20,21)/t10-,11-/m1/s1. The van der Waals surface area contributed by atoms with E-state index in [1.54, 1.807) is 0 Å². The van der Waals surface area contributed by atoms with Gasteiger partial charge in [0.1, 0.15) is 0 Å². The van der Waals surface area contributed by atoms with Crippen molar-refractivity contribution in [2.24, 2.45) is 11.8 Å². The molecule has 0 aromatic carbocycles. The van der Waals surface area contributed by atoms with Crippen LogP contribution < -0.4 is 5.32 Å². The molecule has 0 aromatic rings. The van der Waals surface area contributed by atoms with Crippen LogP contribution in [0, 0.1) is 11.8 Å². The highest BCUT2D eigenvalue weighted by molar-refractivity contribution is 5.78. The zero-order chi connectivity index (χ0) is 16.3. The summed E-state index contributed by atoms with van der Waals surface area (Å²) in [5, 5.41) is 11.7. The first kappa shape index (κ1) is 16.9. The summed E-state index contributed by atoms with van der Waals surface area (Å²) in [5.74, 6) is -5.09. The molecule has 2 atom stereocenters. The number of halogens is 3. The summed E-state index contributed by atoms with van der Waals surface area (Å²) in [7, 11) is 0. The van der Waals surface area contributed by atoms with Gasteiger partial charge in [0.05, 0.1) is 11.8 Å². The highest BCUT2D eigenvalue weighted by Gasteiger charge is 2.53. The first-order chi connectivity index (χ1) is 10.3. The predicted octanol–water partition coefficient (Wildman–Crippen LogP) is 2.61. The largest absolute Gasteiger partial charge is 0.481 e. The van der Waals surface area contributed by atoms with E-state index in [9.17, 15) is 22.8 Å². The number of aliphatic carboxylic acids is 1. The van der Waals surface area contributed by atoms with Crippen LogP contribution in [0.3, 0.4) is 0 Å². The van der Waals surface area contributed by atoms with Crippen molar-refractivity contribution in [3.63, 3.8) is 0 Å². The average Bonchev–Trinajstić information content (AvgIpc) is 2.74. The Labute approximate surface area is 126 Å². The third kappa shape index (κ3) is 4.04. The van der Waals surface area contributed by atoms with Crippen LogP contribution in [0.4, 0.5) is 18.0 Å². The lowest BCUT2D eigenvalue weighted by atomic mass is 9.96. The smallest absolute Gasteiger partial charge is 0.394 e. The number of hydrogen-bond donors (Lipinski definition) is 2. The minimum Gasteiger partial charge on any atom is -0.481 e. The molecule has 2 amide bonds. The van der Waals surface area contributed by atoms with Crippen LogP contribution in [0.1, 0.15) is 38.5 Å². The molecule has 2 N–H and O–H groups in total. The highest BCUT2D eigenvalue weighted by Crippen LogP contribution is 2.37. The van der Waals surface area contributed by atoms with Crippen molar-refractivity contribution >= 4 is 12.0 Å². The maximum Gasteiger partial charge on any atom is 0.394 e. The fourth-order valence-electron chi connectivity index (χ4n) is 3.24. The van der Waals surface area contributed by atoms with Gasteiger partial charge in [-0.15, -0.1) is 0 Å². The normalized spacial score (nSPS) is 27.5. The summed E-state index contributed by atoms with van der Waals surface area (Å²) in [5.41, 5.74) is 0. The van der Waals surface area contributed by atoms with Gasteiger partial charge in [0.2, 0.25) is 0 Å².